The molecule has 0 aromatic heterocycles. The van der Waals surface area contributed by atoms with E-state index in [9.17, 15) is 0 Å². The molecule has 6 nitrogen and oxygen atoms in total. The van der Waals surface area contributed by atoms with Gasteiger partial charge in [-0.25, -0.2) is 0 Å². The molecule has 0 aromatic rings. The van der Waals surface area contributed by atoms with Gasteiger partial charge >= 0.3 is 0 Å². The number of nitrogens with zero attached hydrogens (tertiary/aromatic N) is 5. The standard InChI is InChI=1S/C10H2N6/c11-1-6-7(2-12)9(16)10(4-14,5-15)8(6)3-13/h16H2. The zero-order valence-electron chi connectivity index (χ0n) is 7.81. The van der Waals surface area contributed by atoms with Crippen molar-refractivity contribution in [1.82, 2.24) is 0 Å². The van der Waals surface area contributed by atoms with Crippen LogP contribution in [0.2, 0.25) is 0 Å². The third kappa shape index (κ3) is 0.948. The fraction of sp³-hybridized carbons (Fsp3) is 0.100. The minimum Gasteiger partial charge on any atom is -0.398 e. The van der Waals surface area contributed by atoms with Gasteiger partial charge in [-0.15, -0.1) is 0 Å². The van der Waals surface area contributed by atoms with E-state index in [0.717, 1.165) is 0 Å². The maximum Gasteiger partial charge on any atom is 0.219 e. The number of rotatable bonds is 0. The molecule has 1 aliphatic rings. The molecule has 0 bridgehead atoms. The first-order valence-electron chi connectivity index (χ1n) is 3.91. The van der Waals surface area contributed by atoms with E-state index in [0.29, 0.717) is 0 Å². The van der Waals surface area contributed by atoms with Crippen molar-refractivity contribution >= 4 is 0 Å². The summed E-state index contributed by atoms with van der Waals surface area (Å²) in [6.07, 6.45) is 0. The Morgan fingerprint density at radius 3 is 1.62 bits per heavy atom. The molecule has 72 valence electrons. The number of nitrogens with two attached hydrogens (primary N) is 1. The zero-order valence-corrected chi connectivity index (χ0v) is 7.81. The molecule has 0 unspecified atom stereocenters. The Labute approximate surface area is 90.9 Å². The Hall–Kier alpha value is -3.27. The molecule has 0 aromatic carbocycles. The quantitative estimate of drug-likeness (QED) is 0.595. The molecule has 0 heterocycles. The molecule has 2 N–H and O–H groups in total. The summed E-state index contributed by atoms with van der Waals surface area (Å²) in [4.78, 5) is 0. The highest BCUT2D eigenvalue weighted by molar-refractivity contribution is 5.72. The maximum absolute atomic E-state index is 8.92. The van der Waals surface area contributed by atoms with Crippen molar-refractivity contribution in [3.63, 3.8) is 0 Å². The van der Waals surface area contributed by atoms with E-state index in [1.165, 1.54) is 0 Å². The lowest BCUT2D eigenvalue weighted by Crippen LogP contribution is -2.24. The van der Waals surface area contributed by atoms with Crippen molar-refractivity contribution in [3.05, 3.63) is 22.4 Å². The summed E-state index contributed by atoms with van der Waals surface area (Å²) in [7, 11) is 0. The van der Waals surface area contributed by atoms with Crippen LogP contribution in [-0.4, -0.2) is 0 Å². The topological polar surface area (TPSA) is 145 Å². The number of hydrogen-bond acceptors (Lipinski definition) is 6. The van der Waals surface area contributed by atoms with Gasteiger partial charge in [0.05, 0.1) is 40.6 Å². The lowest BCUT2D eigenvalue weighted by atomic mass is 9.83. The Morgan fingerprint density at radius 2 is 1.31 bits per heavy atom. The van der Waals surface area contributed by atoms with E-state index in [1.807, 2.05) is 0 Å². The molecule has 0 spiro atoms. The Balaban J connectivity index is 3.82. The summed E-state index contributed by atoms with van der Waals surface area (Å²) >= 11 is 0. The molecule has 1 aliphatic carbocycles. The van der Waals surface area contributed by atoms with Gasteiger partial charge in [0.1, 0.15) is 12.1 Å². The molecule has 0 saturated carbocycles. The molecule has 0 aliphatic heterocycles. The largest absolute Gasteiger partial charge is 0.398 e. The van der Waals surface area contributed by atoms with Gasteiger partial charge in [-0.3, -0.25) is 0 Å². The minimum absolute atomic E-state index is 0.276. The van der Waals surface area contributed by atoms with E-state index >= 15 is 0 Å². The fourth-order valence-corrected chi connectivity index (χ4v) is 1.39. The van der Waals surface area contributed by atoms with Crippen LogP contribution in [0.15, 0.2) is 22.4 Å². The van der Waals surface area contributed by atoms with Crippen LogP contribution in [0.25, 0.3) is 0 Å². The van der Waals surface area contributed by atoms with Crippen LogP contribution in [0.3, 0.4) is 0 Å². The van der Waals surface area contributed by atoms with Crippen LogP contribution in [0.5, 0.6) is 0 Å². The van der Waals surface area contributed by atoms with Crippen LogP contribution in [0.1, 0.15) is 0 Å². The summed E-state index contributed by atoms with van der Waals surface area (Å²) in [6, 6.07) is 7.99. The number of nitriles is 5. The first kappa shape index (κ1) is 10.8. The zero-order chi connectivity index (χ0) is 12.3. The second kappa shape index (κ2) is 3.47. The Morgan fingerprint density at radius 1 is 0.812 bits per heavy atom. The van der Waals surface area contributed by atoms with Crippen LogP contribution in [0, 0.1) is 62.1 Å². The van der Waals surface area contributed by atoms with Gasteiger partial charge in [-0.2, -0.15) is 26.3 Å². The minimum atomic E-state index is -2.01. The van der Waals surface area contributed by atoms with Gasteiger partial charge in [-0.1, -0.05) is 0 Å². The van der Waals surface area contributed by atoms with Crippen LogP contribution in [-0.2, 0) is 0 Å². The lowest BCUT2D eigenvalue weighted by molar-refractivity contribution is 0.758. The van der Waals surface area contributed by atoms with Gasteiger partial charge in [-0.05, 0) is 0 Å². The third-order valence-corrected chi connectivity index (χ3v) is 2.22. The smallest absolute Gasteiger partial charge is 0.219 e. The van der Waals surface area contributed by atoms with Crippen molar-refractivity contribution in [2.75, 3.05) is 0 Å². The maximum atomic E-state index is 8.92. The predicted molar refractivity (Wildman–Crippen MR) is 48.7 cm³/mol. The van der Waals surface area contributed by atoms with Gasteiger partial charge in [0, 0.05) is 0 Å². The van der Waals surface area contributed by atoms with E-state index in [-0.39, 0.29) is 22.4 Å². The summed E-state index contributed by atoms with van der Waals surface area (Å²) in [6.45, 7) is 0. The second-order valence-electron chi connectivity index (χ2n) is 2.85. The summed E-state index contributed by atoms with van der Waals surface area (Å²) in [5.74, 6) is 0. The first-order valence-corrected chi connectivity index (χ1v) is 3.91. The van der Waals surface area contributed by atoms with Crippen molar-refractivity contribution in [2.24, 2.45) is 11.1 Å². The lowest BCUT2D eigenvalue weighted by Gasteiger charge is -2.12. The Bertz CT molecular complexity index is 615. The van der Waals surface area contributed by atoms with Crippen molar-refractivity contribution in [2.45, 2.75) is 0 Å². The molecule has 16 heavy (non-hydrogen) atoms. The molecule has 0 saturated heterocycles. The SMILES string of the molecule is N#CC1=C(N)C(C#N)(C#N)C(C#N)=C1C#N. The molecule has 0 atom stereocenters. The van der Waals surface area contributed by atoms with E-state index < -0.39 is 5.41 Å². The van der Waals surface area contributed by atoms with E-state index in [1.54, 1.807) is 30.3 Å². The Kier molecular flexibility index (Phi) is 2.34. The van der Waals surface area contributed by atoms with Crippen LogP contribution >= 0.6 is 0 Å². The number of allylic oxidation sites excluding steroid dienone is 3. The highest BCUT2D eigenvalue weighted by Crippen LogP contribution is 2.43. The molecule has 0 fully saturated rings. The second-order valence-corrected chi connectivity index (χ2v) is 2.85. The monoisotopic (exact) mass is 206 g/mol. The normalized spacial score (nSPS) is 16.7. The van der Waals surface area contributed by atoms with Crippen LogP contribution < -0.4 is 5.73 Å². The van der Waals surface area contributed by atoms with Gasteiger partial charge < -0.3 is 5.73 Å². The average Bonchev–Trinajstić information content (AvgIpc) is 2.56. The molecule has 1 rings (SSSR count). The summed E-state index contributed by atoms with van der Waals surface area (Å²) < 4.78 is 0. The van der Waals surface area contributed by atoms with Crippen LogP contribution in [0.4, 0.5) is 0 Å². The molecule has 0 amide bonds. The van der Waals surface area contributed by atoms with Crippen molar-refractivity contribution in [3.8, 4) is 30.3 Å². The van der Waals surface area contributed by atoms with Gasteiger partial charge in [0.15, 0.2) is 0 Å². The molecule has 0 radical (unpaired) electrons. The van der Waals surface area contributed by atoms with Crippen molar-refractivity contribution < 1.29 is 0 Å². The predicted octanol–water partition coefficient (Wildman–Crippen LogP) is 0.114. The average molecular weight is 206 g/mol. The molecular weight excluding hydrogens is 204 g/mol. The van der Waals surface area contributed by atoms with Gasteiger partial charge in [0.2, 0.25) is 5.41 Å². The number of hydrogen-bond donors (Lipinski definition) is 1. The fourth-order valence-electron chi connectivity index (χ4n) is 1.39. The summed E-state index contributed by atoms with van der Waals surface area (Å²) in [5, 5.41) is 44.3. The summed E-state index contributed by atoms with van der Waals surface area (Å²) in [5.41, 5.74) is 2.17. The first-order chi connectivity index (χ1) is 7.62. The third-order valence-electron chi connectivity index (χ3n) is 2.22. The van der Waals surface area contributed by atoms with E-state index in [4.69, 9.17) is 32.0 Å². The molecular formula is C10H2N6. The highest BCUT2D eigenvalue weighted by Gasteiger charge is 2.48. The van der Waals surface area contributed by atoms with Gasteiger partial charge in [0.25, 0.3) is 0 Å². The van der Waals surface area contributed by atoms with Crippen molar-refractivity contribution in [1.29, 1.82) is 26.3 Å². The highest BCUT2D eigenvalue weighted by atomic mass is 14.7. The molecule has 6 heteroatoms. The van der Waals surface area contributed by atoms with E-state index in [2.05, 4.69) is 0 Å².